The third kappa shape index (κ3) is 3.81. The van der Waals surface area contributed by atoms with E-state index in [1.165, 1.54) is 0 Å². The van der Waals surface area contributed by atoms with Crippen molar-refractivity contribution in [1.82, 2.24) is 20.3 Å². The molecule has 3 aromatic heterocycles. The topological polar surface area (TPSA) is 80.1 Å². The molecule has 6 nitrogen and oxygen atoms in total. The second-order valence-corrected chi connectivity index (χ2v) is 6.90. The van der Waals surface area contributed by atoms with E-state index in [4.69, 9.17) is 0 Å². The predicted molar refractivity (Wildman–Crippen MR) is 107 cm³/mol. The van der Waals surface area contributed by atoms with E-state index in [9.17, 15) is 4.79 Å². The van der Waals surface area contributed by atoms with E-state index in [0.717, 1.165) is 45.0 Å². The number of fused-ring (bicyclic) bond motifs is 1. The van der Waals surface area contributed by atoms with Crippen molar-refractivity contribution < 1.29 is 4.79 Å². The Morgan fingerprint density at radius 1 is 1.11 bits per heavy atom. The van der Waals surface area contributed by atoms with Crippen molar-refractivity contribution in [3.63, 3.8) is 0 Å². The summed E-state index contributed by atoms with van der Waals surface area (Å²) in [5.41, 5.74) is 7.76. The maximum absolute atomic E-state index is 12.3. The van der Waals surface area contributed by atoms with Crippen LogP contribution in [0, 0.1) is 13.8 Å². The molecule has 1 aliphatic rings. The molecule has 0 saturated carbocycles. The molecule has 0 fully saturated rings. The Morgan fingerprint density at radius 3 is 2.82 bits per heavy atom. The molecule has 1 amide bonds. The van der Waals surface area contributed by atoms with Crippen LogP contribution in [0.1, 0.15) is 39.3 Å². The number of aryl methyl sites for hydroxylation is 2. The molecule has 4 rings (SSSR count). The summed E-state index contributed by atoms with van der Waals surface area (Å²) < 4.78 is 0. The van der Waals surface area contributed by atoms with Crippen molar-refractivity contribution in [3.8, 4) is 0 Å². The minimum atomic E-state index is -0.0681. The highest BCUT2D eigenvalue weighted by Crippen LogP contribution is 2.23. The number of nitrogens with zero attached hydrogens (tertiary/aromatic N) is 4. The molecule has 3 aromatic rings. The van der Waals surface area contributed by atoms with E-state index in [0.29, 0.717) is 13.1 Å². The van der Waals surface area contributed by atoms with Crippen LogP contribution in [0.25, 0.3) is 0 Å². The Labute approximate surface area is 163 Å². The van der Waals surface area contributed by atoms with Crippen LogP contribution >= 0.6 is 0 Å². The van der Waals surface area contributed by atoms with Gasteiger partial charge in [-0.25, -0.2) is 0 Å². The molecule has 1 aliphatic heterocycles. The summed E-state index contributed by atoms with van der Waals surface area (Å²) in [6.07, 6.45) is 5.59. The zero-order valence-corrected chi connectivity index (χ0v) is 15.9. The molecule has 0 aliphatic carbocycles. The second-order valence-electron chi connectivity index (χ2n) is 6.90. The maximum atomic E-state index is 12.3. The lowest BCUT2D eigenvalue weighted by atomic mass is 10.0. The molecular weight excluding hydrogens is 350 g/mol. The van der Waals surface area contributed by atoms with E-state index in [2.05, 4.69) is 25.3 Å². The van der Waals surface area contributed by atoms with Crippen LogP contribution in [0.2, 0.25) is 0 Å². The van der Waals surface area contributed by atoms with Crippen LogP contribution in [0.3, 0.4) is 0 Å². The van der Waals surface area contributed by atoms with E-state index >= 15 is 0 Å². The fraction of sp³-hybridized carbons (Fsp3) is 0.227. The van der Waals surface area contributed by atoms with Crippen molar-refractivity contribution in [2.24, 2.45) is 4.99 Å². The van der Waals surface area contributed by atoms with Crippen LogP contribution in [0.4, 0.5) is 0 Å². The molecule has 1 N–H and O–H groups in total. The molecule has 0 spiro atoms. The number of aliphatic imine (C=N–C) groups is 1. The highest BCUT2D eigenvalue weighted by atomic mass is 16.1. The van der Waals surface area contributed by atoms with E-state index in [1.807, 2.05) is 50.4 Å². The Bertz CT molecular complexity index is 1070. The Morgan fingerprint density at radius 2 is 2.00 bits per heavy atom. The van der Waals surface area contributed by atoms with Crippen LogP contribution in [0.5, 0.6) is 0 Å². The SMILES string of the molecule is Cc1cc(C2=NCc3cc(CC(=O)NCc4ncccc4C)ncc32)ccn1. The van der Waals surface area contributed by atoms with Crippen molar-refractivity contribution in [2.45, 2.75) is 33.4 Å². The summed E-state index contributed by atoms with van der Waals surface area (Å²) in [7, 11) is 0. The summed E-state index contributed by atoms with van der Waals surface area (Å²) in [6, 6.07) is 9.83. The molecule has 0 bridgehead atoms. The van der Waals surface area contributed by atoms with Crippen molar-refractivity contribution in [1.29, 1.82) is 0 Å². The van der Waals surface area contributed by atoms with Gasteiger partial charge in [0.05, 0.1) is 36.6 Å². The van der Waals surface area contributed by atoms with Crippen LogP contribution in [-0.2, 0) is 24.3 Å². The van der Waals surface area contributed by atoms with Crippen molar-refractivity contribution >= 4 is 11.6 Å². The smallest absolute Gasteiger partial charge is 0.226 e. The second kappa shape index (κ2) is 7.68. The average molecular weight is 371 g/mol. The Hall–Kier alpha value is -3.41. The lowest BCUT2D eigenvalue weighted by molar-refractivity contribution is -0.120. The third-order valence-corrected chi connectivity index (χ3v) is 4.79. The highest BCUT2D eigenvalue weighted by molar-refractivity contribution is 6.15. The molecule has 6 heteroatoms. The minimum absolute atomic E-state index is 0.0681. The lowest BCUT2D eigenvalue weighted by Crippen LogP contribution is -2.25. The first kappa shape index (κ1) is 18.0. The van der Waals surface area contributed by atoms with Gasteiger partial charge in [-0.3, -0.25) is 24.7 Å². The summed E-state index contributed by atoms with van der Waals surface area (Å²) >= 11 is 0. The number of rotatable bonds is 5. The van der Waals surface area contributed by atoms with Gasteiger partial charge in [0.1, 0.15) is 0 Å². The predicted octanol–water partition coefficient (Wildman–Crippen LogP) is 2.70. The van der Waals surface area contributed by atoms with Gasteiger partial charge >= 0.3 is 0 Å². The van der Waals surface area contributed by atoms with Gasteiger partial charge in [0.2, 0.25) is 5.91 Å². The number of amides is 1. The lowest BCUT2D eigenvalue weighted by Gasteiger charge is -2.08. The number of pyridine rings is 3. The van der Waals surface area contributed by atoms with Crippen molar-refractivity contribution in [3.05, 3.63) is 88.3 Å². The van der Waals surface area contributed by atoms with Crippen LogP contribution < -0.4 is 5.32 Å². The molecule has 0 atom stereocenters. The van der Waals surface area contributed by atoms with Gasteiger partial charge < -0.3 is 5.32 Å². The van der Waals surface area contributed by atoms with E-state index < -0.39 is 0 Å². The monoisotopic (exact) mass is 371 g/mol. The fourth-order valence-corrected chi connectivity index (χ4v) is 3.29. The van der Waals surface area contributed by atoms with Crippen LogP contribution in [0.15, 0.2) is 53.9 Å². The number of aromatic nitrogens is 3. The van der Waals surface area contributed by atoms with Gasteiger partial charge in [0.25, 0.3) is 0 Å². The molecule has 4 heterocycles. The Balaban J connectivity index is 1.43. The first-order valence-corrected chi connectivity index (χ1v) is 9.23. The van der Waals surface area contributed by atoms with Gasteiger partial charge in [0.15, 0.2) is 0 Å². The van der Waals surface area contributed by atoms with Crippen LogP contribution in [-0.4, -0.2) is 26.6 Å². The fourth-order valence-electron chi connectivity index (χ4n) is 3.29. The molecule has 0 saturated heterocycles. The third-order valence-electron chi connectivity index (χ3n) is 4.79. The molecule has 0 radical (unpaired) electrons. The van der Waals surface area contributed by atoms with Gasteiger partial charge in [-0.15, -0.1) is 0 Å². The number of hydrogen-bond donors (Lipinski definition) is 1. The molecule has 0 aromatic carbocycles. The first-order valence-electron chi connectivity index (χ1n) is 9.23. The van der Waals surface area contributed by atoms with E-state index in [-0.39, 0.29) is 12.3 Å². The maximum Gasteiger partial charge on any atom is 0.226 e. The van der Waals surface area contributed by atoms with E-state index in [1.54, 1.807) is 12.4 Å². The molecule has 28 heavy (non-hydrogen) atoms. The molecular formula is C22H21N5O. The standard InChI is InChI=1S/C22H21N5O/c1-14-4-3-6-24-20(14)13-26-21(28)10-18-9-17-11-27-22(19(17)12-25-18)16-5-7-23-15(2)8-16/h3-9,12H,10-11,13H2,1-2H3,(H,26,28). The quantitative estimate of drug-likeness (QED) is 0.748. The number of hydrogen-bond acceptors (Lipinski definition) is 5. The largest absolute Gasteiger partial charge is 0.350 e. The summed E-state index contributed by atoms with van der Waals surface area (Å²) in [5.74, 6) is -0.0681. The molecule has 140 valence electrons. The summed E-state index contributed by atoms with van der Waals surface area (Å²) in [4.78, 5) is 30.0. The molecule has 0 unspecified atom stereocenters. The summed E-state index contributed by atoms with van der Waals surface area (Å²) in [6.45, 7) is 4.98. The first-order chi connectivity index (χ1) is 13.6. The van der Waals surface area contributed by atoms with Gasteiger partial charge in [-0.2, -0.15) is 0 Å². The van der Waals surface area contributed by atoms with Gasteiger partial charge in [-0.05, 0) is 49.2 Å². The zero-order chi connectivity index (χ0) is 19.5. The number of carbonyl (C=O) groups is 1. The average Bonchev–Trinajstić information content (AvgIpc) is 3.10. The summed E-state index contributed by atoms with van der Waals surface area (Å²) in [5, 5.41) is 2.92. The minimum Gasteiger partial charge on any atom is -0.350 e. The Kier molecular flexibility index (Phi) is 4.93. The number of carbonyl (C=O) groups excluding carboxylic acids is 1. The highest BCUT2D eigenvalue weighted by Gasteiger charge is 2.19. The zero-order valence-electron chi connectivity index (χ0n) is 15.9. The van der Waals surface area contributed by atoms with Gasteiger partial charge in [0, 0.05) is 35.4 Å². The number of nitrogens with one attached hydrogen (secondary N) is 1. The van der Waals surface area contributed by atoms with Gasteiger partial charge in [-0.1, -0.05) is 6.07 Å². The van der Waals surface area contributed by atoms with Crippen molar-refractivity contribution in [2.75, 3.05) is 0 Å². The normalized spacial score (nSPS) is 12.4.